The molecule has 3 saturated heterocycles. The minimum absolute atomic E-state index is 0.0440. The molecule has 0 radical (unpaired) electrons. The first-order valence-electron chi connectivity index (χ1n) is 15.1. The molecule has 3 aliphatic rings. The van der Waals surface area contributed by atoms with Crippen LogP contribution < -0.4 is 0 Å². The van der Waals surface area contributed by atoms with Gasteiger partial charge < -0.3 is 28.1 Å². The molecule has 0 aromatic heterocycles. The standard InChI is InChI=1S/C31H58O6Si/c1-13-14-15-16-17-18-22-23(34-30(7,8)33-22)20-25-26-28(36-31(9,10)35-26)27(24(32-25)19-21(2)3)37-38(11,12)29(4,5)6/h22-28H,2,13-20H2,1,3-12H3/t22-,23+,24+,25-,26-,27-,28-/m1/s1. The van der Waals surface area contributed by atoms with Crippen LogP contribution in [0.3, 0.4) is 0 Å². The zero-order valence-electron chi connectivity index (χ0n) is 26.4. The van der Waals surface area contributed by atoms with Gasteiger partial charge in [0.15, 0.2) is 19.9 Å². The molecule has 0 aliphatic carbocycles. The lowest BCUT2D eigenvalue weighted by molar-refractivity contribution is -0.195. The highest BCUT2D eigenvalue weighted by Gasteiger charge is 2.58. The Morgan fingerprint density at radius 3 is 2.00 bits per heavy atom. The summed E-state index contributed by atoms with van der Waals surface area (Å²) >= 11 is 0. The highest BCUT2D eigenvalue weighted by molar-refractivity contribution is 6.74. The molecule has 3 aliphatic heterocycles. The molecule has 0 amide bonds. The van der Waals surface area contributed by atoms with Crippen molar-refractivity contribution in [1.82, 2.24) is 0 Å². The van der Waals surface area contributed by atoms with Crippen LogP contribution in [0.1, 0.15) is 114 Å². The van der Waals surface area contributed by atoms with Crippen LogP contribution in [0, 0.1) is 0 Å². The Balaban J connectivity index is 1.82. The van der Waals surface area contributed by atoms with Gasteiger partial charge in [0, 0.05) is 6.42 Å². The Bertz CT molecular complexity index is 788. The van der Waals surface area contributed by atoms with Crippen LogP contribution >= 0.6 is 0 Å². The lowest BCUT2D eigenvalue weighted by atomic mass is 9.88. The Labute approximate surface area is 234 Å². The van der Waals surface area contributed by atoms with Crippen molar-refractivity contribution in [1.29, 1.82) is 0 Å². The monoisotopic (exact) mass is 554 g/mol. The van der Waals surface area contributed by atoms with Crippen molar-refractivity contribution in [2.24, 2.45) is 0 Å². The van der Waals surface area contributed by atoms with Crippen molar-refractivity contribution in [3.05, 3.63) is 12.2 Å². The average molecular weight is 555 g/mol. The van der Waals surface area contributed by atoms with Crippen LogP contribution in [0.2, 0.25) is 18.1 Å². The molecule has 0 N–H and O–H groups in total. The minimum atomic E-state index is -2.09. The number of hydrogen-bond donors (Lipinski definition) is 0. The molecule has 38 heavy (non-hydrogen) atoms. The molecule has 0 aromatic carbocycles. The Kier molecular flexibility index (Phi) is 10.4. The predicted molar refractivity (Wildman–Crippen MR) is 156 cm³/mol. The Hall–Kier alpha value is -0.283. The van der Waals surface area contributed by atoms with E-state index < -0.39 is 19.9 Å². The lowest BCUT2D eigenvalue weighted by Gasteiger charge is -2.48. The third kappa shape index (κ3) is 8.14. The molecular formula is C31H58O6Si. The molecule has 3 fully saturated rings. The van der Waals surface area contributed by atoms with E-state index in [1.165, 1.54) is 25.7 Å². The normalized spacial score (nSPS) is 34.9. The molecule has 0 spiro atoms. The number of unbranched alkanes of at least 4 members (excludes halogenated alkanes) is 4. The van der Waals surface area contributed by atoms with Gasteiger partial charge in [0.1, 0.15) is 18.3 Å². The maximum Gasteiger partial charge on any atom is 0.192 e. The van der Waals surface area contributed by atoms with E-state index in [-0.39, 0.29) is 47.8 Å². The topological polar surface area (TPSA) is 55.4 Å². The highest BCUT2D eigenvalue weighted by atomic mass is 28.4. The van der Waals surface area contributed by atoms with E-state index in [0.29, 0.717) is 6.42 Å². The number of ether oxygens (including phenoxy) is 5. The highest BCUT2D eigenvalue weighted by Crippen LogP contribution is 2.46. The fourth-order valence-corrected chi connectivity index (χ4v) is 7.16. The summed E-state index contributed by atoms with van der Waals surface area (Å²) in [6, 6.07) is 0. The zero-order valence-corrected chi connectivity index (χ0v) is 27.4. The van der Waals surface area contributed by atoms with Gasteiger partial charge in [-0.2, -0.15) is 0 Å². The largest absolute Gasteiger partial charge is 0.409 e. The van der Waals surface area contributed by atoms with Crippen LogP contribution in [-0.2, 0) is 28.1 Å². The molecular weight excluding hydrogens is 496 g/mol. The fraction of sp³-hybridized carbons (Fsp3) is 0.935. The molecule has 0 unspecified atom stereocenters. The molecule has 0 bridgehead atoms. The second-order valence-corrected chi connectivity index (χ2v) is 19.2. The molecule has 7 heteroatoms. The first kappa shape index (κ1) is 32.2. The Morgan fingerprint density at radius 2 is 1.39 bits per heavy atom. The van der Waals surface area contributed by atoms with Crippen molar-refractivity contribution < 1.29 is 28.1 Å². The summed E-state index contributed by atoms with van der Waals surface area (Å²) in [6.07, 6.45) is 7.75. The summed E-state index contributed by atoms with van der Waals surface area (Å²) in [5, 5.41) is 0.0764. The van der Waals surface area contributed by atoms with Crippen LogP contribution in [-0.4, -0.2) is 62.6 Å². The molecule has 3 heterocycles. The van der Waals surface area contributed by atoms with Gasteiger partial charge >= 0.3 is 0 Å². The van der Waals surface area contributed by atoms with Crippen molar-refractivity contribution >= 4 is 8.32 Å². The van der Waals surface area contributed by atoms with E-state index in [4.69, 9.17) is 28.1 Å². The van der Waals surface area contributed by atoms with E-state index in [0.717, 1.165) is 24.8 Å². The molecule has 222 valence electrons. The zero-order chi connectivity index (χ0) is 28.5. The van der Waals surface area contributed by atoms with Crippen LogP contribution in [0.4, 0.5) is 0 Å². The molecule has 7 atom stereocenters. The van der Waals surface area contributed by atoms with E-state index in [1.54, 1.807) is 0 Å². The Morgan fingerprint density at radius 1 is 0.816 bits per heavy atom. The van der Waals surface area contributed by atoms with Gasteiger partial charge in [-0.25, -0.2) is 0 Å². The van der Waals surface area contributed by atoms with E-state index in [1.807, 2.05) is 27.7 Å². The van der Waals surface area contributed by atoms with Crippen molar-refractivity contribution in [3.63, 3.8) is 0 Å². The molecule has 0 saturated carbocycles. The number of fused-ring (bicyclic) bond motifs is 1. The summed E-state index contributed by atoms with van der Waals surface area (Å²) in [4.78, 5) is 0. The van der Waals surface area contributed by atoms with E-state index >= 15 is 0 Å². The summed E-state index contributed by atoms with van der Waals surface area (Å²) in [7, 11) is -2.09. The first-order valence-corrected chi connectivity index (χ1v) is 18.0. The average Bonchev–Trinajstić information content (AvgIpc) is 3.23. The van der Waals surface area contributed by atoms with Gasteiger partial charge in [-0.15, -0.1) is 6.58 Å². The second kappa shape index (κ2) is 12.3. The third-order valence-corrected chi connectivity index (χ3v) is 13.2. The van der Waals surface area contributed by atoms with Gasteiger partial charge in [0.2, 0.25) is 0 Å². The predicted octanol–water partition coefficient (Wildman–Crippen LogP) is 7.90. The number of rotatable bonds is 12. The fourth-order valence-electron chi connectivity index (χ4n) is 5.84. The SMILES string of the molecule is C=C(C)C[C@@H]1O[C@H](C[C@@H]2OC(C)(C)O[C@@H]2CCCCCCC)[C@H]2OC(C)(C)O[C@H]2[C@@H]1O[Si](C)(C)C(C)(C)C. The van der Waals surface area contributed by atoms with Gasteiger partial charge in [0.05, 0.1) is 24.4 Å². The van der Waals surface area contributed by atoms with Gasteiger partial charge in [-0.3, -0.25) is 0 Å². The van der Waals surface area contributed by atoms with Gasteiger partial charge in [-0.1, -0.05) is 65.4 Å². The summed E-state index contributed by atoms with van der Waals surface area (Å²) in [5.74, 6) is -1.29. The van der Waals surface area contributed by atoms with Crippen LogP contribution in [0.5, 0.6) is 0 Å². The van der Waals surface area contributed by atoms with Gasteiger partial charge in [-0.05, 0) is 65.6 Å². The smallest absolute Gasteiger partial charge is 0.192 e. The van der Waals surface area contributed by atoms with E-state index in [9.17, 15) is 0 Å². The van der Waals surface area contributed by atoms with Crippen molar-refractivity contribution in [2.45, 2.75) is 186 Å². The maximum atomic E-state index is 7.03. The second-order valence-electron chi connectivity index (χ2n) is 14.4. The summed E-state index contributed by atoms with van der Waals surface area (Å²) in [5.41, 5.74) is 1.08. The molecule has 3 rings (SSSR count). The third-order valence-electron chi connectivity index (χ3n) is 8.70. The number of hydrogen-bond acceptors (Lipinski definition) is 6. The van der Waals surface area contributed by atoms with Crippen molar-refractivity contribution in [3.8, 4) is 0 Å². The quantitative estimate of drug-likeness (QED) is 0.139. The van der Waals surface area contributed by atoms with Crippen LogP contribution in [0.15, 0.2) is 12.2 Å². The van der Waals surface area contributed by atoms with Crippen LogP contribution in [0.25, 0.3) is 0 Å². The summed E-state index contributed by atoms with van der Waals surface area (Å²) in [6.45, 7) is 28.0. The molecule has 0 aromatic rings. The first-order chi connectivity index (χ1) is 17.4. The van der Waals surface area contributed by atoms with Crippen molar-refractivity contribution in [2.75, 3.05) is 0 Å². The van der Waals surface area contributed by atoms with Gasteiger partial charge in [0.25, 0.3) is 0 Å². The minimum Gasteiger partial charge on any atom is -0.409 e. The maximum absolute atomic E-state index is 7.03. The molecule has 6 nitrogen and oxygen atoms in total. The van der Waals surface area contributed by atoms with E-state index in [2.05, 4.69) is 54.3 Å². The summed E-state index contributed by atoms with van der Waals surface area (Å²) < 4.78 is 39.9. The lowest BCUT2D eigenvalue weighted by Crippen LogP contribution is -2.61.